The lowest BCUT2D eigenvalue weighted by molar-refractivity contribution is -0.116. The van der Waals surface area contributed by atoms with Crippen molar-refractivity contribution in [2.45, 2.75) is 11.8 Å². The molecule has 25 heavy (non-hydrogen) atoms. The lowest BCUT2D eigenvalue weighted by Crippen LogP contribution is -2.38. The summed E-state index contributed by atoms with van der Waals surface area (Å²) in [7, 11) is -2.80. The second kappa shape index (κ2) is 8.09. The molecule has 0 unspecified atom stereocenters. The van der Waals surface area contributed by atoms with Crippen LogP contribution in [0.3, 0.4) is 0 Å². The number of para-hydroxylation sites is 1. The molecule has 0 aromatic heterocycles. The molecule has 2 aromatic rings. The first-order valence-electron chi connectivity index (χ1n) is 7.57. The maximum atomic E-state index is 13.5. The second-order valence-electron chi connectivity index (χ2n) is 5.14. The lowest BCUT2D eigenvalue weighted by atomic mass is 10.3. The Hall–Kier alpha value is -2.45. The number of amides is 1. The molecule has 134 valence electrons. The van der Waals surface area contributed by atoms with Crippen LogP contribution in [0, 0.1) is 5.82 Å². The molecule has 0 heterocycles. The maximum Gasteiger partial charge on any atom is 0.247 e. The lowest BCUT2D eigenvalue weighted by Gasteiger charge is -2.21. The van der Waals surface area contributed by atoms with E-state index in [1.807, 2.05) is 0 Å². The van der Waals surface area contributed by atoms with E-state index in [9.17, 15) is 17.6 Å². The van der Waals surface area contributed by atoms with E-state index in [0.717, 1.165) is 16.4 Å². The number of methoxy groups -OCH3 is 1. The second-order valence-corrected chi connectivity index (χ2v) is 7.05. The van der Waals surface area contributed by atoms with Crippen LogP contribution in [0.25, 0.3) is 0 Å². The Morgan fingerprint density at radius 3 is 2.48 bits per heavy atom. The van der Waals surface area contributed by atoms with Crippen molar-refractivity contribution in [1.29, 1.82) is 0 Å². The molecule has 0 atom stereocenters. The van der Waals surface area contributed by atoms with Gasteiger partial charge < -0.3 is 10.1 Å². The SMILES string of the molecule is CCN(CC(=O)Nc1ccccc1)S(=O)(=O)c1cc(F)ccc1OC. The van der Waals surface area contributed by atoms with Crippen LogP contribution in [0.15, 0.2) is 53.4 Å². The number of rotatable bonds is 7. The summed E-state index contributed by atoms with van der Waals surface area (Å²) in [6, 6.07) is 11.9. The van der Waals surface area contributed by atoms with Gasteiger partial charge in [0.25, 0.3) is 0 Å². The van der Waals surface area contributed by atoms with Crippen LogP contribution in [-0.2, 0) is 14.8 Å². The van der Waals surface area contributed by atoms with E-state index in [1.165, 1.54) is 13.2 Å². The summed E-state index contributed by atoms with van der Waals surface area (Å²) in [5.41, 5.74) is 0.560. The molecular formula is C17H19FN2O4S. The number of likely N-dealkylation sites (N-methyl/N-ethyl adjacent to an activating group) is 1. The summed E-state index contributed by atoms with van der Waals surface area (Å²) in [5, 5.41) is 2.62. The third kappa shape index (κ3) is 4.55. The van der Waals surface area contributed by atoms with E-state index >= 15 is 0 Å². The maximum absolute atomic E-state index is 13.5. The number of benzene rings is 2. The number of nitrogens with zero attached hydrogens (tertiary/aromatic N) is 1. The van der Waals surface area contributed by atoms with E-state index in [4.69, 9.17) is 4.74 Å². The molecule has 2 aromatic carbocycles. The third-order valence-electron chi connectivity index (χ3n) is 3.47. The van der Waals surface area contributed by atoms with Gasteiger partial charge >= 0.3 is 0 Å². The molecule has 6 nitrogen and oxygen atoms in total. The summed E-state index contributed by atoms with van der Waals surface area (Å²) in [6.45, 7) is 1.25. The standard InChI is InChI=1S/C17H19FN2O4S/c1-3-20(12-17(21)19-14-7-5-4-6-8-14)25(22,23)16-11-13(18)9-10-15(16)24-2/h4-11H,3,12H2,1-2H3,(H,19,21). The predicted octanol–water partition coefficient (Wildman–Crippen LogP) is 2.48. The Morgan fingerprint density at radius 2 is 1.88 bits per heavy atom. The van der Waals surface area contributed by atoms with Gasteiger partial charge in [-0.3, -0.25) is 4.79 Å². The number of hydrogen-bond donors (Lipinski definition) is 1. The van der Waals surface area contributed by atoms with Gasteiger partial charge in [0.05, 0.1) is 13.7 Å². The molecule has 1 N–H and O–H groups in total. The first-order chi connectivity index (χ1) is 11.9. The summed E-state index contributed by atoms with van der Waals surface area (Å²) in [5.74, 6) is -1.18. The van der Waals surface area contributed by atoms with Gasteiger partial charge in [0, 0.05) is 12.2 Å². The van der Waals surface area contributed by atoms with Gasteiger partial charge in [0.1, 0.15) is 16.5 Å². The predicted molar refractivity (Wildman–Crippen MR) is 92.5 cm³/mol. The highest BCUT2D eigenvalue weighted by atomic mass is 32.2. The van der Waals surface area contributed by atoms with Crippen molar-refractivity contribution in [1.82, 2.24) is 4.31 Å². The summed E-state index contributed by atoms with van der Waals surface area (Å²) < 4.78 is 45.0. The van der Waals surface area contributed by atoms with Gasteiger partial charge in [-0.15, -0.1) is 0 Å². The van der Waals surface area contributed by atoms with Crippen LogP contribution in [0.2, 0.25) is 0 Å². The average molecular weight is 366 g/mol. The highest BCUT2D eigenvalue weighted by Crippen LogP contribution is 2.27. The monoisotopic (exact) mass is 366 g/mol. The molecule has 0 bridgehead atoms. The zero-order valence-corrected chi connectivity index (χ0v) is 14.7. The van der Waals surface area contributed by atoms with Gasteiger partial charge in [0.2, 0.25) is 15.9 Å². The first-order valence-corrected chi connectivity index (χ1v) is 9.01. The normalized spacial score (nSPS) is 11.4. The number of ether oxygens (including phenoxy) is 1. The van der Waals surface area contributed by atoms with Crippen molar-refractivity contribution < 1.29 is 22.3 Å². The smallest absolute Gasteiger partial charge is 0.247 e. The van der Waals surface area contributed by atoms with Crippen molar-refractivity contribution in [2.24, 2.45) is 0 Å². The molecule has 0 fully saturated rings. The van der Waals surface area contributed by atoms with Gasteiger partial charge in [-0.25, -0.2) is 12.8 Å². The van der Waals surface area contributed by atoms with Crippen molar-refractivity contribution in [3.63, 3.8) is 0 Å². The largest absolute Gasteiger partial charge is 0.495 e. The molecule has 0 aliphatic heterocycles. The van der Waals surface area contributed by atoms with E-state index in [-0.39, 0.29) is 17.2 Å². The van der Waals surface area contributed by atoms with Crippen LogP contribution in [0.5, 0.6) is 5.75 Å². The molecule has 8 heteroatoms. The Bertz CT molecular complexity index is 841. The average Bonchev–Trinajstić information content (AvgIpc) is 2.60. The van der Waals surface area contributed by atoms with Gasteiger partial charge in [-0.05, 0) is 30.3 Å². The topological polar surface area (TPSA) is 75.7 Å². The number of carbonyl (C=O) groups excluding carboxylic acids is 1. The van der Waals surface area contributed by atoms with E-state index in [0.29, 0.717) is 5.69 Å². The molecule has 0 saturated heterocycles. The fourth-order valence-corrected chi connectivity index (χ4v) is 3.81. The summed E-state index contributed by atoms with van der Waals surface area (Å²) in [4.78, 5) is 11.8. The van der Waals surface area contributed by atoms with Crippen LogP contribution in [0.1, 0.15) is 6.92 Å². The fraction of sp³-hybridized carbons (Fsp3) is 0.235. The Balaban J connectivity index is 2.24. The van der Waals surface area contributed by atoms with Crippen molar-refractivity contribution in [3.05, 3.63) is 54.3 Å². The van der Waals surface area contributed by atoms with Crippen molar-refractivity contribution in [3.8, 4) is 5.75 Å². The number of anilines is 1. The Labute approximate surface area is 146 Å². The zero-order chi connectivity index (χ0) is 18.4. The number of sulfonamides is 1. The fourth-order valence-electron chi connectivity index (χ4n) is 2.24. The van der Waals surface area contributed by atoms with Crippen molar-refractivity contribution >= 4 is 21.6 Å². The highest BCUT2D eigenvalue weighted by Gasteiger charge is 2.28. The molecule has 0 saturated carbocycles. The molecule has 2 rings (SSSR count). The third-order valence-corrected chi connectivity index (χ3v) is 5.42. The molecule has 1 amide bonds. The number of hydrogen-bond acceptors (Lipinski definition) is 4. The highest BCUT2D eigenvalue weighted by molar-refractivity contribution is 7.89. The quantitative estimate of drug-likeness (QED) is 0.817. The minimum absolute atomic E-state index is 0.0170. The van der Waals surface area contributed by atoms with Gasteiger partial charge in [-0.2, -0.15) is 4.31 Å². The Kier molecular flexibility index (Phi) is 6.11. The molecule has 0 spiro atoms. The number of halogens is 1. The van der Waals surface area contributed by atoms with Crippen molar-refractivity contribution in [2.75, 3.05) is 25.5 Å². The molecular weight excluding hydrogens is 347 g/mol. The van der Waals surface area contributed by atoms with Crippen LogP contribution in [0.4, 0.5) is 10.1 Å². The van der Waals surface area contributed by atoms with E-state index in [1.54, 1.807) is 37.3 Å². The zero-order valence-electron chi connectivity index (χ0n) is 13.9. The molecule has 0 radical (unpaired) electrons. The Morgan fingerprint density at radius 1 is 1.20 bits per heavy atom. The van der Waals surface area contributed by atoms with Gasteiger partial charge in [-0.1, -0.05) is 25.1 Å². The molecule has 0 aliphatic rings. The van der Waals surface area contributed by atoms with Crippen LogP contribution < -0.4 is 10.1 Å². The summed E-state index contributed by atoms with van der Waals surface area (Å²) in [6.07, 6.45) is 0. The number of carbonyl (C=O) groups is 1. The van der Waals surface area contributed by atoms with Crippen LogP contribution in [-0.4, -0.2) is 38.8 Å². The minimum atomic E-state index is -4.10. The van der Waals surface area contributed by atoms with E-state index < -0.39 is 28.3 Å². The molecule has 0 aliphatic carbocycles. The van der Waals surface area contributed by atoms with Crippen LogP contribution >= 0.6 is 0 Å². The van der Waals surface area contributed by atoms with E-state index in [2.05, 4.69) is 5.32 Å². The first kappa shape index (κ1) is 18.9. The van der Waals surface area contributed by atoms with Gasteiger partial charge in [0.15, 0.2) is 0 Å². The minimum Gasteiger partial charge on any atom is -0.495 e. The number of nitrogens with one attached hydrogen (secondary N) is 1. The summed E-state index contributed by atoms with van der Waals surface area (Å²) >= 11 is 0.